The molecule has 2 nitrogen and oxygen atoms in total. The number of benzene rings is 1. The van der Waals surface area contributed by atoms with Gasteiger partial charge >= 0.3 is 0 Å². The average molecular weight is 249 g/mol. The SMILES string of the molecule is COc1ncccc1CSc1ccc(F)cc1. The molecule has 0 saturated carbocycles. The van der Waals surface area contributed by atoms with Gasteiger partial charge in [-0.3, -0.25) is 0 Å². The second kappa shape index (κ2) is 5.68. The van der Waals surface area contributed by atoms with Gasteiger partial charge in [-0.1, -0.05) is 6.07 Å². The Kier molecular flexibility index (Phi) is 3.98. The Balaban J connectivity index is 2.04. The van der Waals surface area contributed by atoms with Gasteiger partial charge in [0.05, 0.1) is 7.11 Å². The van der Waals surface area contributed by atoms with Crippen molar-refractivity contribution in [3.05, 3.63) is 54.0 Å². The van der Waals surface area contributed by atoms with Crippen molar-refractivity contribution in [2.75, 3.05) is 7.11 Å². The summed E-state index contributed by atoms with van der Waals surface area (Å²) in [6.45, 7) is 0. The Morgan fingerprint density at radius 1 is 1.24 bits per heavy atom. The Morgan fingerprint density at radius 3 is 2.71 bits per heavy atom. The number of thioether (sulfide) groups is 1. The second-order valence-corrected chi connectivity index (χ2v) is 4.46. The summed E-state index contributed by atoms with van der Waals surface area (Å²) >= 11 is 1.63. The molecule has 0 saturated heterocycles. The fourth-order valence-corrected chi connectivity index (χ4v) is 2.28. The molecule has 0 aliphatic carbocycles. The van der Waals surface area contributed by atoms with Gasteiger partial charge in [0, 0.05) is 22.4 Å². The highest BCUT2D eigenvalue weighted by atomic mass is 32.2. The van der Waals surface area contributed by atoms with Gasteiger partial charge in [-0.25, -0.2) is 9.37 Å². The Bertz CT molecular complexity index is 487. The van der Waals surface area contributed by atoms with Crippen LogP contribution in [0.1, 0.15) is 5.56 Å². The molecule has 0 spiro atoms. The summed E-state index contributed by atoms with van der Waals surface area (Å²) in [5.41, 5.74) is 1.03. The van der Waals surface area contributed by atoms with E-state index in [1.54, 1.807) is 37.2 Å². The van der Waals surface area contributed by atoms with Crippen LogP contribution in [0.25, 0.3) is 0 Å². The van der Waals surface area contributed by atoms with Gasteiger partial charge in [0.2, 0.25) is 5.88 Å². The normalized spacial score (nSPS) is 10.2. The number of methoxy groups -OCH3 is 1. The van der Waals surface area contributed by atoms with Gasteiger partial charge in [-0.05, 0) is 30.3 Å². The number of nitrogens with zero attached hydrogens (tertiary/aromatic N) is 1. The third-order valence-corrected chi connectivity index (χ3v) is 3.31. The molecular formula is C13H12FNOS. The fourth-order valence-electron chi connectivity index (χ4n) is 1.41. The number of aromatic nitrogens is 1. The van der Waals surface area contributed by atoms with Gasteiger partial charge in [0.25, 0.3) is 0 Å². The molecule has 0 aliphatic rings. The molecule has 0 fully saturated rings. The van der Waals surface area contributed by atoms with Crippen LogP contribution in [-0.2, 0) is 5.75 Å². The molecule has 2 aromatic rings. The molecule has 1 aromatic heterocycles. The molecule has 0 N–H and O–H groups in total. The van der Waals surface area contributed by atoms with Crippen LogP contribution < -0.4 is 4.74 Å². The van der Waals surface area contributed by atoms with Gasteiger partial charge in [-0.15, -0.1) is 11.8 Å². The van der Waals surface area contributed by atoms with Crippen molar-refractivity contribution < 1.29 is 9.13 Å². The monoisotopic (exact) mass is 249 g/mol. The lowest BCUT2D eigenvalue weighted by atomic mass is 10.3. The fraction of sp³-hybridized carbons (Fsp3) is 0.154. The largest absolute Gasteiger partial charge is 0.481 e. The van der Waals surface area contributed by atoms with E-state index in [0.29, 0.717) is 5.88 Å². The highest BCUT2D eigenvalue weighted by Gasteiger charge is 2.03. The standard InChI is InChI=1S/C13H12FNOS/c1-16-13-10(3-2-8-15-13)9-17-12-6-4-11(14)5-7-12/h2-8H,9H2,1H3. The number of rotatable bonds is 4. The molecule has 2 rings (SSSR count). The number of hydrogen-bond donors (Lipinski definition) is 0. The minimum atomic E-state index is -0.215. The number of ether oxygens (including phenoxy) is 1. The quantitative estimate of drug-likeness (QED) is 0.774. The van der Waals surface area contributed by atoms with E-state index in [9.17, 15) is 4.39 Å². The number of hydrogen-bond acceptors (Lipinski definition) is 3. The van der Waals surface area contributed by atoms with E-state index in [1.807, 2.05) is 12.1 Å². The Morgan fingerprint density at radius 2 is 2.00 bits per heavy atom. The van der Waals surface area contributed by atoms with E-state index < -0.39 is 0 Å². The van der Waals surface area contributed by atoms with E-state index >= 15 is 0 Å². The predicted molar refractivity (Wildman–Crippen MR) is 66.8 cm³/mol. The predicted octanol–water partition coefficient (Wildman–Crippen LogP) is 3.52. The molecule has 0 atom stereocenters. The van der Waals surface area contributed by atoms with Gasteiger partial charge in [-0.2, -0.15) is 0 Å². The minimum absolute atomic E-state index is 0.215. The van der Waals surface area contributed by atoms with Crippen LogP contribution in [0.4, 0.5) is 4.39 Å². The lowest BCUT2D eigenvalue weighted by molar-refractivity contribution is 0.394. The molecular weight excluding hydrogens is 237 g/mol. The van der Waals surface area contributed by atoms with Crippen molar-refractivity contribution in [2.45, 2.75) is 10.6 Å². The van der Waals surface area contributed by atoms with Crippen molar-refractivity contribution in [3.8, 4) is 5.88 Å². The second-order valence-electron chi connectivity index (χ2n) is 3.41. The lowest BCUT2D eigenvalue weighted by Gasteiger charge is -2.06. The number of pyridine rings is 1. The first-order valence-corrected chi connectivity index (χ1v) is 6.14. The summed E-state index contributed by atoms with van der Waals surface area (Å²) in [5.74, 6) is 1.18. The van der Waals surface area contributed by atoms with Crippen LogP contribution in [-0.4, -0.2) is 12.1 Å². The van der Waals surface area contributed by atoms with Crippen LogP contribution in [0.3, 0.4) is 0 Å². The van der Waals surface area contributed by atoms with Crippen molar-refractivity contribution in [1.29, 1.82) is 0 Å². The summed E-state index contributed by atoms with van der Waals surface area (Å²) in [4.78, 5) is 5.15. The van der Waals surface area contributed by atoms with Crippen LogP contribution in [0.15, 0.2) is 47.5 Å². The van der Waals surface area contributed by atoms with Crippen molar-refractivity contribution >= 4 is 11.8 Å². The van der Waals surface area contributed by atoms with E-state index in [0.717, 1.165) is 16.2 Å². The summed E-state index contributed by atoms with van der Waals surface area (Å²) < 4.78 is 17.9. The van der Waals surface area contributed by atoms with Gasteiger partial charge < -0.3 is 4.74 Å². The summed E-state index contributed by atoms with van der Waals surface area (Å²) in [7, 11) is 1.61. The smallest absolute Gasteiger partial charge is 0.217 e. The van der Waals surface area contributed by atoms with Crippen LogP contribution in [0, 0.1) is 5.82 Å². The lowest BCUT2D eigenvalue weighted by Crippen LogP contribution is -1.92. The summed E-state index contributed by atoms with van der Waals surface area (Å²) in [6.07, 6.45) is 1.70. The first-order chi connectivity index (χ1) is 8.29. The molecule has 0 unspecified atom stereocenters. The third-order valence-electron chi connectivity index (χ3n) is 2.25. The zero-order valence-electron chi connectivity index (χ0n) is 9.39. The first-order valence-electron chi connectivity index (χ1n) is 5.16. The summed E-state index contributed by atoms with van der Waals surface area (Å²) in [6, 6.07) is 10.3. The van der Waals surface area contributed by atoms with Crippen molar-refractivity contribution in [3.63, 3.8) is 0 Å². The molecule has 1 aromatic carbocycles. The Labute approximate surface area is 104 Å². The molecule has 0 radical (unpaired) electrons. The van der Waals surface area contributed by atoms with Crippen molar-refractivity contribution in [1.82, 2.24) is 4.98 Å². The van der Waals surface area contributed by atoms with Gasteiger partial charge in [0.15, 0.2) is 0 Å². The van der Waals surface area contributed by atoms with E-state index in [2.05, 4.69) is 4.98 Å². The van der Waals surface area contributed by atoms with Crippen LogP contribution in [0.2, 0.25) is 0 Å². The molecule has 17 heavy (non-hydrogen) atoms. The molecule has 0 aliphatic heterocycles. The van der Waals surface area contributed by atoms with Crippen LogP contribution in [0.5, 0.6) is 5.88 Å². The molecule has 0 amide bonds. The number of halogens is 1. The maximum absolute atomic E-state index is 12.7. The molecule has 1 heterocycles. The van der Waals surface area contributed by atoms with Crippen molar-refractivity contribution in [2.24, 2.45) is 0 Å². The maximum Gasteiger partial charge on any atom is 0.217 e. The zero-order chi connectivity index (χ0) is 12.1. The van der Waals surface area contributed by atoms with E-state index in [4.69, 9.17) is 4.74 Å². The highest BCUT2D eigenvalue weighted by molar-refractivity contribution is 7.98. The first kappa shape index (κ1) is 11.9. The van der Waals surface area contributed by atoms with Crippen LogP contribution >= 0.6 is 11.8 Å². The van der Waals surface area contributed by atoms with E-state index in [1.165, 1.54) is 12.1 Å². The zero-order valence-corrected chi connectivity index (χ0v) is 10.2. The summed E-state index contributed by atoms with van der Waals surface area (Å²) in [5, 5.41) is 0. The van der Waals surface area contributed by atoms with Gasteiger partial charge in [0.1, 0.15) is 5.82 Å². The topological polar surface area (TPSA) is 22.1 Å². The third kappa shape index (κ3) is 3.20. The Hall–Kier alpha value is -1.55. The van der Waals surface area contributed by atoms with E-state index in [-0.39, 0.29) is 5.82 Å². The minimum Gasteiger partial charge on any atom is -0.481 e. The average Bonchev–Trinajstić information content (AvgIpc) is 2.38. The maximum atomic E-state index is 12.7. The molecule has 4 heteroatoms. The highest BCUT2D eigenvalue weighted by Crippen LogP contribution is 2.26. The molecule has 0 bridgehead atoms. The molecule has 88 valence electrons.